The molecule has 0 atom stereocenters. The van der Waals surface area contributed by atoms with E-state index in [-0.39, 0.29) is 11.2 Å². The maximum atomic E-state index is 13.4. The zero-order chi connectivity index (χ0) is 11.6. The van der Waals surface area contributed by atoms with Crippen LogP contribution in [-0.4, -0.2) is 13.1 Å². The molecule has 1 saturated carbocycles. The Morgan fingerprint density at radius 2 is 2.19 bits per heavy atom. The van der Waals surface area contributed by atoms with E-state index in [1.807, 2.05) is 0 Å². The number of nitrogens with two attached hydrogens (primary N) is 1. The van der Waals surface area contributed by atoms with Gasteiger partial charge < -0.3 is 11.1 Å². The largest absolute Gasteiger partial charge is 0.330 e. The van der Waals surface area contributed by atoms with Gasteiger partial charge in [-0.15, -0.1) is 0 Å². The van der Waals surface area contributed by atoms with Crippen LogP contribution in [0, 0.1) is 11.2 Å². The summed E-state index contributed by atoms with van der Waals surface area (Å²) >= 11 is 5.81. The summed E-state index contributed by atoms with van der Waals surface area (Å²) in [5.74, 6) is -0.213. The average molecular weight is 243 g/mol. The molecule has 0 amide bonds. The Labute approximate surface area is 100.0 Å². The van der Waals surface area contributed by atoms with Crippen molar-refractivity contribution in [3.63, 3.8) is 0 Å². The topological polar surface area (TPSA) is 38.0 Å². The highest BCUT2D eigenvalue weighted by molar-refractivity contribution is 6.30. The summed E-state index contributed by atoms with van der Waals surface area (Å²) in [5, 5.41) is 3.81. The molecule has 16 heavy (non-hydrogen) atoms. The molecule has 1 aromatic carbocycles. The molecule has 1 aliphatic carbocycles. The molecule has 4 heteroatoms. The van der Waals surface area contributed by atoms with Crippen LogP contribution in [0.3, 0.4) is 0 Å². The van der Waals surface area contributed by atoms with Gasteiger partial charge in [-0.05, 0) is 43.0 Å². The monoisotopic (exact) mass is 242 g/mol. The van der Waals surface area contributed by atoms with Crippen molar-refractivity contribution in [3.05, 3.63) is 34.6 Å². The fourth-order valence-corrected chi connectivity index (χ4v) is 1.97. The summed E-state index contributed by atoms with van der Waals surface area (Å²) in [6.07, 6.45) is 2.35. The Morgan fingerprint density at radius 1 is 1.44 bits per heavy atom. The normalized spacial score (nSPS) is 17.4. The van der Waals surface area contributed by atoms with E-state index in [9.17, 15) is 4.39 Å². The Morgan fingerprint density at radius 3 is 2.81 bits per heavy atom. The third-order valence-electron chi connectivity index (χ3n) is 3.21. The minimum Gasteiger partial charge on any atom is -0.330 e. The van der Waals surface area contributed by atoms with Gasteiger partial charge in [-0.1, -0.05) is 11.6 Å². The predicted molar refractivity (Wildman–Crippen MR) is 63.8 cm³/mol. The van der Waals surface area contributed by atoms with E-state index in [1.54, 1.807) is 12.1 Å². The minimum atomic E-state index is -0.213. The Kier molecular flexibility index (Phi) is 3.47. The second-order valence-corrected chi connectivity index (χ2v) is 4.98. The van der Waals surface area contributed by atoms with Gasteiger partial charge in [-0.3, -0.25) is 0 Å². The summed E-state index contributed by atoms with van der Waals surface area (Å²) in [6.45, 7) is 2.07. The van der Waals surface area contributed by atoms with Crippen LogP contribution < -0.4 is 11.1 Å². The third kappa shape index (κ3) is 2.73. The molecule has 0 spiro atoms. The van der Waals surface area contributed by atoms with Crippen molar-refractivity contribution in [1.29, 1.82) is 0 Å². The first-order valence-electron chi connectivity index (χ1n) is 5.50. The minimum absolute atomic E-state index is 0.213. The summed E-state index contributed by atoms with van der Waals surface area (Å²) in [4.78, 5) is 0. The lowest BCUT2D eigenvalue weighted by molar-refractivity contribution is 0.463. The smallest absolute Gasteiger partial charge is 0.127 e. The number of nitrogens with one attached hydrogen (secondary N) is 1. The van der Waals surface area contributed by atoms with Crippen LogP contribution in [0.5, 0.6) is 0 Å². The van der Waals surface area contributed by atoms with Crippen molar-refractivity contribution in [2.45, 2.75) is 19.4 Å². The lowest BCUT2D eigenvalue weighted by atomic mass is 10.1. The van der Waals surface area contributed by atoms with Crippen molar-refractivity contribution >= 4 is 11.6 Å². The first-order valence-corrected chi connectivity index (χ1v) is 5.88. The highest BCUT2D eigenvalue weighted by atomic mass is 35.5. The van der Waals surface area contributed by atoms with Crippen molar-refractivity contribution < 1.29 is 4.39 Å². The highest BCUT2D eigenvalue weighted by Gasteiger charge is 2.40. The fourth-order valence-electron chi connectivity index (χ4n) is 1.77. The SMILES string of the molecule is NCC1(CNCc2cc(Cl)ccc2F)CC1. The Hall–Kier alpha value is -0.640. The van der Waals surface area contributed by atoms with Gasteiger partial charge in [0.25, 0.3) is 0 Å². The molecule has 1 fully saturated rings. The van der Waals surface area contributed by atoms with Crippen LogP contribution in [0.2, 0.25) is 5.02 Å². The number of halogens is 2. The lowest BCUT2D eigenvalue weighted by Gasteiger charge is -2.13. The molecule has 88 valence electrons. The standard InChI is InChI=1S/C12H16ClFN2/c13-10-1-2-11(14)9(5-10)6-16-8-12(7-15)3-4-12/h1-2,5,16H,3-4,6-8,15H2. The van der Waals surface area contributed by atoms with Crippen molar-refractivity contribution in [3.8, 4) is 0 Å². The molecule has 0 aromatic heterocycles. The molecule has 0 unspecified atom stereocenters. The maximum absolute atomic E-state index is 13.4. The van der Waals surface area contributed by atoms with Crippen molar-refractivity contribution in [2.75, 3.05) is 13.1 Å². The van der Waals surface area contributed by atoms with Crippen LogP contribution in [-0.2, 0) is 6.54 Å². The van der Waals surface area contributed by atoms with Crippen molar-refractivity contribution in [1.82, 2.24) is 5.32 Å². The molecule has 1 aromatic rings. The molecule has 3 N–H and O–H groups in total. The Balaban J connectivity index is 1.87. The number of hydrogen-bond donors (Lipinski definition) is 2. The van der Waals surface area contributed by atoms with Gasteiger partial charge in [0.2, 0.25) is 0 Å². The van der Waals surface area contributed by atoms with E-state index in [2.05, 4.69) is 5.32 Å². The summed E-state index contributed by atoms with van der Waals surface area (Å²) < 4.78 is 13.4. The molecular weight excluding hydrogens is 227 g/mol. The van der Waals surface area contributed by atoms with Gasteiger partial charge in [0, 0.05) is 23.7 Å². The van der Waals surface area contributed by atoms with Crippen LogP contribution in [0.1, 0.15) is 18.4 Å². The summed E-state index contributed by atoms with van der Waals surface area (Å²) in [5.41, 5.74) is 6.55. The fraction of sp³-hybridized carbons (Fsp3) is 0.500. The maximum Gasteiger partial charge on any atom is 0.127 e. The molecule has 0 saturated heterocycles. The van der Waals surface area contributed by atoms with E-state index >= 15 is 0 Å². The molecular formula is C12H16ClFN2. The van der Waals surface area contributed by atoms with Crippen molar-refractivity contribution in [2.24, 2.45) is 11.1 Å². The van der Waals surface area contributed by atoms with E-state index < -0.39 is 0 Å². The van der Waals surface area contributed by atoms with Gasteiger partial charge in [0.05, 0.1) is 0 Å². The van der Waals surface area contributed by atoms with Crippen LogP contribution in [0.4, 0.5) is 4.39 Å². The second-order valence-electron chi connectivity index (χ2n) is 4.54. The van der Waals surface area contributed by atoms with Crippen LogP contribution in [0.15, 0.2) is 18.2 Å². The second kappa shape index (κ2) is 4.70. The van der Waals surface area contributed by atoms with Gasteiger partial charge in [0.15, 0.2) is 0 Å². The first-order chi connectivity index (χ1) is 7.65. The van der Waals surface area contributed by atoms with Crippen LogP contribution in [0.25, 0.3) is 0 Å². The molecule has 2 rings (SSSR count). The lowest BCUT2D eigenvalue weighted by Crippen LogP contribution is -2.29. The zero-order valence-electron chi connectivity index (χ0n) is 9.10. The van der Waals surface area contributed by atoms with E-state index in [4.69, 9.17) is 17.3 Å². The molecule has 0 heterocycles. The highest BCUT2D eigenvalue weighted by Crippen LogP contribution is 2.43. The number of benzene rings is 1. The van der Waals surface area contributed by atoms with Crippen LogP contribution >= 0.6 is 11.6 Å². The van der Waals surface area contributed by atoms with Gasteiger partial charge in [-0.25, -0.2) is 4.39 Å². The van der Waals surface area contributed by atoms with Gasteiger partial charge in [0.1, 0.15) is 5.82 Å². The molecule has 0 bridgehead atoms. The quantitative estimate of drug-likeness (QED) is 0.832. The van der Waals surface area contributed by atoms with E-state index in [0.29, 0.717) is 23.7 Å². The predicted octanol–water partition coefficient (Wildman–Crippen LogP) is 2.31. The van der Waals surface area contributed by atoms with Gasteiger partial charge in [-0.2, -0.15) is 0 Å². The average Bonchev–Trinajstić information content (AvgIpc) is 3.04. The molecule has 1 aliphatic rings. The summed E-state index contributed by atoms with van der Waals surface area (Å²) in [6, 6.07) is 4.61. The number of rotatable bonds is 5. The molecule has 0 aliphatic heterocycles. The first kappa shape index (κ1) is 11.8. The molecule has 2 nitrogen and oxygen atoms in total. The molecule has 0 radical (unpaired) electrons. The Bertz CT molecular complexity index is 377. The van der Waals surface area contributed by atoms with E-state index in [1.165, 1.54) is 18.9 Å². The third-order valence-corrected chi connectivity index (χ3v) is 3.45. The van der Waals surface area contributed by atoms with Gasteiger partial charge >= 0.3 is 0 Å². The van der Waals surface area contributed by atoms with E-state index in [0.717, 1.165) is 6.54 Å². The summed E-state index contributed by atoms with van der Waals surface area (Å²) in [7, 11) is 0. The number of hydrogen-bond acceptors (Lipinski definition) is 2. The zero-order valence-corrected chi connectivity index (χ0v) is 9.86.